The summed E-state index contributed by atoms with van der Waals surface area (Å²) < 4.78 is 1.53. The summed E-state index contributed by atoms with van der Waals surface area (Å²) in [5, 5.41) is 2.78. The van der Waals surface area contributed by atoms with Crippen LogP contribution in [0, 0.1) is 5.41 Å². The molecular formula is C16H25N3O2. The lowest BCUT2D eigenvalue weighted by atomic mass is 9.96. The van der Waals surface area contributed by atoms with Gasteiger partial charge >= 0.3 is 0 Å². The van der Waals surface area contributed by atoms with Crippen LogP contribution in [-0.4, -0.2) is 29.0 Å². The van der Waals surface area contributed by atoms with E-state index in [2.05, 4.69) is 10.3 Å². The van der Waals surface area contributed by atoms with Crippen LogP contribution in [0.1, 0.15) is 45.8 Å². The second kappa shape index (κ2) is 7.20. The number of hydrogen-bond donors (Lipinski definition) is 1. The average molecular weight is 291 g/mol. The second-order valence-corrected chi connectivity index (χ2v) is 6.30. The standard InChI is InChI=1S/C16H25N3O2/c1-12(2)18-13-8-6-7-11-19(13)14(20)9-10-17-15(21)16(3,4)5/h6-8,11-12H,9-10H2,1-5H3,(H,17,21). The summed E-state index contributed by atoms with van der Waals surface area (Å²) >= 11 is 0. The highest BCUT2D eigenvalue weighted by molar-refractivity contribution is 5.83. The normalized spacial score (nSPS) is 12.6. The number of aromatic nitrogens is 1. The Morgan fingerprint density at radius 2 is 1.95 bits per heavy atom. The lowest BCUT2D eigenvalue weighted by Crippen LogP contribution is -2.37. The molecule has 0 aliphatic carbocycles. The summed E-state index contributed by atoms with van der Waals surface area (Å²) in [6.45, 7) is 9.79. The smallest absolute Gasteiger partial charge is 0.233 e. The molecule has 0 aliphatic heterocycles. The molecule has 1 aromatic heterocycles. The molecule has 1 aromatic rings. The summed E-state index contributed by atoms with van der Waals surface area (Å²) in [5.41, 5.74) is 0.195. The first-order valence-electron chi connectivity index (χ1n) is 7.25. The molecule has 0 fully saturated rings. The van der Waals surface area contributed by atoms with E-state index in [1.165, 1.54) is 4.57 Å². The van der Waals surface area contributed by atoms with E-state index in [-0.39, 0.29) is 24.3 Å². The fourth-order valence-corrected chi connectivity index (χ4v) is 1.68. The summed E-state index contributed by atoms with van der Waals surface area (Å²) in [6.07, 6.45) is 1.95. The van der Waals surface area contributed by atoms with Gasteiger partial charge < -0.3 is 5.32 Å². The van der Waals surface area contributed by atoms with Crippen molar-refractivity contribution in [2.75, 3.05) is 6.54 Å². The molecule has 0 bridgehead atoms. The molecule has 0 unspecified atom stereocenters. The predicted octanol–water partition coefficient (Wildman–Crippen LogP) is 1.99. The van der Waals surface area contributed by atoms with Crippen molar-refractivity contribution in [3.8, 4) is 0 Å². The van der Waals surface area contributed by atoms with E-state index in [9.17, 15) is 9.59 Å². The summed E-state index contributed by atoms with van der Waals surface area (Å²) in [6, 6.07) is 5.58. The Labute approximate surface area is 126 Å². The molecule has 0 saturated heterocycles. The minimum atomic E-state index is -0.443. The maximum atomic E-state index is 12.2. The number of hydrogen-bond acceptors (Lipinski definition) is 3. The van der Waals surface area contributed by atoms with E-state index >= 15 is 0 Å². The Hall–Kier alpha value is -1.91. The average Bonchev–Trinajstić information content (AvgIpc) is 2.37. The first kappa shape index (κ1) is 17.1. The second-order valence-electron chi connectivity index (χ2n) is 6.30. The number of carbonyl (C=O) groups is 2. The van der Waals surface area contributed by atoms with Crippen LogP contribution in [0.15, 0.2) is 29.4 Å². The molecule has 1 rings (SSSR count). The van der Waals surface area contributed by atoms with Gasteiger partial charge in [0.25, 0.3) is 0 Å². The maximum absolute atomic E-state index is 12.2. The number of rotatable bonds is 4. The molecule has 1 N–H and O–H groups in total. The highest BCUT2D eigenvalue weighted by Crippen LogP contribution is 2.12. The zero-order valence-electron chi connectivity index (χ0n) is 13.5. The van der Waals surface area contributed by atoms with Gasteiger partial charge in [-0.1, -0.05) is 26.8 Å². The Bertz CT molecular complexity index is 565. The first-order valence-corrected chi connectivity index (χ1v) is 7.25. The van der Waals surface area contributed by atoms with Crippen LogP contribution in [0.2, 0.25) is 0 Å². The fraction of sp³-hybridized carbons (Fsp3) is 0.562. The molecule has 0 aromatic carbocycles. The van der Waals surface area contributed by atoms with Crippen LogP contribution in [0.3, 0.4) is 0 Å². The molecule has 0 radical (unpaired) electrons. The van der Waals surface area contributed by atoms with Crippen molar-refractivity contribution >= 4 is 11.8 Å². The first-order chi connectivity index (χ1) is 9.71. The van der Waals surface area contributed by atoms with Gasteiger partial charge in [-0.05, 0) is 26.0 Å². The Kier molecular flexibility index (Phi) is 5.88. The predicted molar refractivity (Wildman–Crippen MR) is 82.8 cm³/mol. The lowest BCUT2D eigenvalue weighted by Gasteiger charge is -2.17. The minimum Gasteiger partial charge on any atom is -0.355 e. The largest absolute Gasteiger partial charge is 0.355 e. The Morgan fingerprint density at radius 3 is 2.52 bits per heavy atom. The van der Waals surface area contributed by atoms with Crippen LogP contribution in [0.5, 0.6) is 0 Å². The quantitative estimate of drug-likeness (QED) is 0.922. The monoisotopic (exact) mass is 291 g/mol. The third-order valence-corrected chi connectivity index (χ3v) is 2.80. The van der Waals surface area contributed by atoms with Gasteiger partial charge in [0.2, 0.25) is 11.8 Å². The molecule has 0 atom stereocenters. The zero-order valence-corrected chi connectivity index (χ0v) is 13.5. The van der Waals surface area contributed by atoms with Gasteiger partial charge in [-0.2, -0.15) is 0 Å². The van der Waals surface area contributed by atoms with Crippen LogP contribution >= 0.6 is 0 Å². The van der Waals surface area contributed by atoms with Gasteiger partial charge in [0.15, 0.2) is 0 Å². The Morgan fingerprint density at radius 1 is 1.29 bits per heavy atom. The topological polar surface area (TPSA) is 63.5 Å². The molecule has 5 nitrogen and oxygen atoms in total. The van der Waals surface area contributed by atoms with Gasteiger partial charge in [0.1, 0.15) is 5.49 Å². The summed E-state index contributed by atoms with van der Waals surface area (Å²) in [4.78, 5) is 28.4. The number of nitrogens with one attached hydrogen (secondary N) is 1. The molecule has 0 aliphatic rings. The molecule has 21 heavy (non-hydrogen) atoms. The van der Waals surface area contributed by atoms with Crippen LogP contribution in [0.4, 0.5) is 0 Å². The van der Waals surface area contributed by atoms with E-state index in [4.69, 9.17) is 0 Å². The molecular weight excluding hydrogens is 266 g/mol. The minimum absolute atomic E-state index is 0.0551. The van der Waals surface area contributed by atoms with Crippen molar-refractivity contribution < 1.29 is 9.59 Å². The summed E-state index contributed by atoms with van der Waals surface area (Å²) in [5.74, 6) is -0.135. The van der Waals surface area contributed by atoms with Crippen molar-refractivity contribution in [2.24, 2.45) is 10.4 Å². The van der Waals surface area contributed by atoms with E-state index in [0.717, 1.165) is 0 Å². The van der Waals surface area contributed by atoms with Gasteiger partial charge in [0, 0.05) is 30.6 Å². The van der Waals surface area contributed by atoms with Crippen molar-refractivity contribution in [3.63, 3.8) is 0 Å². The third kappa shape index (κ3) is 5.53. The van der Waals surface area contributed by atoms with Crippen molar-refractivity contribution in [1.82, 2.24) is 9.88 Å². The van der Waals surface area contributed by atoms with Gasteiger partial charge in [-0.15, -0.1) is 0 Å². The number of amides is 1. The highest BCUT2D eigenvalue weighted by Gasteiger charge is 2.20. The highest BCUT2D eigenvalue weighted by atomic mass is 16.2. The molecule has 0 saturated carbocycles. The van der Waals surface area contributed by atoms with Crippen molar-refractivity contribution in [3.05, 3.63) is 29.9 Å². The lowest BCUT2D eigenvalue weighted by molar-refractivity contribution is -0.128. The molecule has 1 heterocycles. The van der Waals surface area contributed by atoms with Crippen LogP contribution in [0.25, 0.3) is 0 Å². The van der Waals surface area contributed by atoms with Gasteiger partial charge in [-0.3, -0.25) is 19.1 Å². The molecule has 0 spiro atoms. The van der Waals surface area contributed by atoms with Crippen LogP contribution < -0.4 is 10.8 Å². The van der Waals surface area contributed by atoms with E-state index in [1.54, 1.807) is 12.3 Å². The number of pyridine rings is 1. The molecule has 5 heteroatoms. The van der Waals surface area contributed by atoms with Gasteiger partial charge in [-0.25, -0.2) is 0 Å². The molecule has 1 amide bonds. The Balaban J connectivity index is 2.72. The van der Waals surface area contributed by atoms with E-state index in [1.807, 2.05) is 46.8 Å². The van der Waals surface area contributed by atoms with E-state index < -0.39 is 5.41 Å². The van der Waals surface area contributed by atoms with Crippen molar-refractivity contribution in [2.45, 2.75) is 47.1 Å². The van der Waals surface area contributed by atoms with Crippen LogP contribution in [-0.2, 0) is 4.79 Å². The SMILES string of the molecule is CC(C)N=c1ccccn1C(=O)CCNC(=O)C(C)(C)C. The van der Waals surface area contributed by atoms with Crippen molar-refractivity contribution in [1.29, 1.82) is 0 Å². The number of carbonyl (C=O) groups excluding carboxylic acids is 2. The number of nitrogens with zero attached hydrogens (tertiary/aromatic N) is 2. The van der Waals surface area contributed by atoms with Gasteiger partial charge in [0.05, 0.1) is 0 Å². The summed E-state index contributed by atoms with van der Waals surface area (Å²) in [7, 11) is 0. The molecule has 116 valence electrons. The fourth-order valence-electron chi connectivity index (χ4n) is 1.68. The third-order valence-electron chi connectivity index (χ3n) is 2.80. The zero-order chi connectivity index (χ0) is 16.0. The maximum Gasteiger partial charge on any atom is 0.233 e. The van der Waals surface area contributed by atoms with E-state index in [0.29, 0.717) is 12.0 Å².